The van der Waals surface area contributed by atoms with Crippen LogP contribution in [-0.4, -0.2) is 6.54 Å². The molecule has 0 saturated carbocycles. The smallest absolute Gasteiger partial charge is 0.139 e. The van der Waals surface area contributed by atoms with Crippen molar-refractivity contribution in [1.82, 2.24) is 0 Å². The Morgan fingerprint density at radius 3 is 2.75 bits per heavy atom. The predicted octanol–water partition coefficient (Wildman–Crippen LogP) is 1.53. The average molecular weight is 164 g/mol. The van der Waals surface area contributed by atoms with Crippen molar-refractivity contribution in [2.45, 2.75) is 6.17 Å². The van der Waals surface area contributed by atoms with Gasteiger partial charge in [0.2, 0.25) is 0 Å². The van der Waals surface area contributed by atoms with Gasteiger partial charge in [0.15, 0.2) is 0 Å². The van der Waals surface area contributed by atoms with Crippen molar-refractivity contribution >= 4 is 0 Å². The summed E-state index contributed by atoms with van der Waals surface area (Å²) in [6.07, 6.45) is -1.24. The molecule has 0 heterocycles. The number of nitriles is 1. The van der Waals surface area contributed by atoms with E-state index in [0.717, 1.165) is 0 Å². The lowest BCUT2D eigenvalue weighted by atomic mass is 10.0. The molecule has 2 nitrogen and oxygen atoms in total. The van der Waals surface area contributed by atoms with E-state index in [0.29, 0.717) is 11.1 Å². The largest absolute Gasteiger partial charge is 0.327 e. The third-order valence-corrected chi connectivity index (χ3v) is 1.63. The number of nitrogens with two attached hydrogens (primary N) is 1. The molecule has 0 fully saturated rings. The standard InChI is InChI=1S/C9H9FN2/c10-9(6-12)8-4-2-1-3-7(8)5-11/h1-4,9H,6,12H2. The van der Waals surface area contributed by atoms with Crippen LogP contribution in [0, 0.1) is 11.3 Å². The molecule has 0 aliphatic carbocycles. The van der Waals surface area contributed by atoms with Crippen LogP contribution in [0.4, 0.5) is 4.39 Å². The number of alkyl halides is 1. The molecule has 62 valence electrons. The second-order valence-electron chi connectivity index (χ2n) is 2.40. The van der Waals surface area contributed by atoms with E-state index in [1.807, 2.05) is 6.07 Å². The quantitative estimate of drug-likeness (QED) is 0.720. The highest BCUT2D eigenvalue weighted by atomic mass is 19.1. The molecule has 0 aliphatic heterocycles. The highest BCUT2D eigenvalue weighted by molar-refractivity contribution is 5.38. The average Bonchev–Trinajstić information content (AvgIpc) is 2.16. The van der Waals surface area contributed by atoms with Crippen molar-refractivity contribution in [3.63, 3.8) is 0 Å². The minimum absolute atomic E-state index is 0.0846. The molecule has 0 radical (unpaired) electrons. The predicted molar refractivity (Wildman–Crippen MR) is 44.1 cm³/mol. The summed E-state index contributed by atoms with van der Waals surface area (Å²) >= 11 is 0. The molecule has 0 aromatic heterocycles. The van der Waals surface area contributed by atoms with Crippen molar-refractivity contribution in [3.05, 3.63) is 35.4 Å². The minimum atomic E-state index is -1.24. The Bertz CT molecular complexity index is 304. The van der Waals surface area contributed by atoms with Crippen molar-refractivity contribution in [3.8, 4) is 6.07 Å². The molecular weight excluding hydrogens is 155 g/mol. The van der Waals surface area contributed by atoms with E-state index in [9.17, 15) is 4.39 Å². The summed E-state index contributed by atoms with van der Waals surface area (Å²) in [5.74, 6) is 0. The van der Waals surface area contributed by atoms with Crippen LogP contribution in [-0.2, 0) is 0 Å². The first-order valence-corrected chi connectivity index (χ1v) is 3.62. The van der Waals surface area contributed by atoms with E-state index in [-0.39, 0.29) is 6.54 Å². The fourth-order valence-corrected chi connectivity index (χ4v) is 0.999. The normalized spacial score (nSPS) is 12.1. The number of halogens is 1. The zero-order valence-electron chi connectivity index (χ0n) is 6.50. The van der Waals surface area contributed by atoms with Gasteiger partial charge in [-0.1, -0.05) is 18.2 Å². The van der Waals surface area contributed by atoms with Gasteiger partial charge in [0, 0.05) is 12.1 Å². The van der Waals surface area contributed by atoms with Crippen LogP contribution in [0.25, 0.3) is 0 Å². The SMILES string of the molecule is N#Cc1ccccc1C(F)CN. The van der Waals surface area contributed by atoms with Crippen LogP contribution in [0.5, 0.6) is 0 Å². The molecule has 0 aliphatic rings. The second kappa shape index (κ2) is 3.84. The molecule has 12 heavy (non-hydrogen) atoms. The number of hydrogen-bond donors (Lipinski definition) is 1. The summed E-state index contributed by atoms with van der Waals surface area (Å²) in [7, 11) is 0. The van der Waals surface area contributed by atoms with E-state index in [4.69, 9.17) is 11.0 Å². The lowest BCUT2D eigenvalue weighted by Gasteiger charge is -2.06. The highest BCUT2D eigenvalue weighted by Gasteiger charge is 2.10. The molecule has 3 heteroatoms. The Kier molecular flexibility index (Phi) is 2.78. The van der Waals surface area contributed by atoms with Crippen molar-refractivity contribution in [1.29, 1.82) is 5.26 Å². The zero-order chi connectivity index (χ0) is 8.97. The number of rotatable bonds is 2. The Morgan fingerprint density at radius 2 is 2.17 bits per heavy atom. The van der Waals surface area contributed by atoms with Gasteiger partial charge in [-0.25, -0.2) is 4.39 Å². The molecule has 1 rings (SSSR count). The zero-order valence-corrected chi connectivity index (χ0v) is 6.50. The molecule has 1 aromatic carbocycles. The van der Waals surface area contributed by atoms with E-state index in [1.54, 1.807) is 24.3 Å². The first-order chi connectivity index (χ1) is 5.79. The van der Waals surface area contributed by atoms with Crippen LogP contribution in [0.2, 0.25) is 0 Å². The Balaban J connectivity index is 3.07. The van der Waals surface area contributed by atoms with Crippen molar-refractivity contribution in [2.24, 2.45) is 5.73 Å². The van der Waals surface area contributed by atoms with Crippen LogP contribution in [0.3, 0.4) is 0 Å². The molecule has 2 N–H and O–H groups in total. The molecule has 1 aromatic rings. The number of benzene rings is 1. The summed E-state index contributed by atoms with van der Waals surface area (Å²) < 4.78 is 13.0. The summed E-state index contributed by atoms with van der Waals surface area (Å²) in [6.45, 7) is -0.0846. The third kappa shape index (κ3) is 1.60. The minimum Gasteiger partial charge on any atom is -0.327 e. The maximum absolute atomic E-state index is 13.0. The van der Waals surface area contributed by atoms with E-state index < -0.39 is 6.17 Å². The number of nitrogens with zero attached hydrogens (tertiary/aromatic N) is 1. The fraction of sp³-hybridized carbons (Fsp3) is 0.222. The lowest BCUT2D eigenvalue weighted by Crippen LogP contribution is -2.08. The summed E-state index contributed by atoms with van der Waals surface area (Å²) in [5.41, 5.74) is 5.88. The topological polar surface area (TPSA) is 49.8 Å². The van der Waals surface area contributed by atoms with Gasteiger partial charge in [-0.15, -0.1) is 0 Å². The Labute approximate surface area is 70.4 Å². The molecule has 0 spiro atoms. The van der Waals surface area contributed by atoms with E-state index >= 15 is 0 Å². The van der Waals surface area contributed by atoms with Gasteiger partial charge in [-0.05, 0) is 6.07 Å². The maximum Gasteiger partial charge on any atom is 0.139 e. The first-order valence-electron chi connectivity index (χ1n) is 3.62. The summed E-state index contributed by atoms with van der Waals surface area (Å²) in [5, 5.41) is 8.61. The van der Waals surface area contributed by atoms with Crippen LogP contribution in [0.15, 0.2) is 24.3 Å². The molecular formula is C9H9FN2. The first kappa shape index (κ1) is 8.69. The van der Waals surface area contributed by atoms with Crippen LogP contribution < -0.4 is 5.73 Å². The van der Waals surface area contributed by atoms with Gasteiger partial charge in [-0.2, -0.15) is 5.26 Å². The van der Waals surface area contributed by atoms with Gasteiger partial charge in [0.1, 0.15) is 6.17 Å². The molecule has 0 amide bonds. The van der Waals surface area contributed by atoms with E-state index in [1.165, 1.54) is 0 Å². The summed E-state index contributed by atoms with van der Waals surface area (Å²) in [6, 6.07) is 8.47. The van der Waals surface area contributed by atoms with Gasteiger partial charge < -0.3 is 5.73 Å². The third-order valence-electron chi connectivity index (χ3n) is 1.63. The van der Waals surface area contributed by atoms with Crippen molar-refractivity contribution < 1.29 is 4.39 Å². The van der Waals surface area contributed by atoms with Crippen LogP contribution in [0.1, 0.15) is 17.3 Å². The Hall–Kier alpha value is -1.40. The van der Waals surface area contributed by atoms with Gasteiger partial charge in [0.25, 0.3) is 0 Å². The lowest BCUT2D eigenvalue weighted by molar-refractivity contribution is 0.352. The van der Waals surface area contributed by atoms with Gasteiger partial charge >= 0.3 is 0 Å². The number of hydrogen-bond acceptors (Lipinski definition) is 2. The highest BCUT2D eigenvalue weighted by Crippen LogP contribution is 2.19. The van der Waals surface area contributed by atoms with E-state index in [2.05, 4.69) is 0 Å². The van der Waals surface area contributed by atoms with Gasteiger partial charge in [-0.3, -0.25) is 0 Å². The van der Waals surface area contributed by atoms with Gasteiger partial charge in [0.05, 0.1) is 11.6 Å². The Morgan fingerprint density at radius 1 is 1.50 bits per heavy atom. The second-order valence-corrected chi connectivity index (χ2v) is 2.40. The maximum atomic E-state index is 13.0. The molecule has 0 bridgehead atoms. The monoisotopic (exact) mass is 164 g/mol. The molecule has 1 atom stereocenters. The van der Waals surface area contributed by atoms with Crippen molar-refractivity contribution in [2.75, 3.05) is 6.54 Å². The fourth-order valence-electron chi connectivity index (χ4n) is 0.999. The molecule has 0 saturated heterocycles. The van der Waals surface area contributed by atoms with Crippen LogP contribution >= 0.6 is 0 Å². The summed E-state index contributed by atoms with van der Waals surface area (Å²) in [4.78, 5) is 0. The molecule has 1 unspecified atom stereocenters.